The van der Waals surface area contributed by atoms with Crippen LogP contribution in [-0.2, 0) is 4.74 Å². The van der Waals surface area contributed by atoms with Crippen molar-refractivity contribution >= 4 is 11.6 Å². The third kappa shape index (κ3) is 3.73. The monoisotopic (exact) mass is 227 g/mol. The zero-order chi connectivity index (χ0) is 11.3. The van der Waals surface area contributed by atoms with Crippen molar-refractivity contribution in [1.29, 1.82) is 0 Å². The number of nitrogens with zero attached hydrogens (tertiary/aromatic N) is 1. The van der Waals surface area contributed by atoms with Gasteiger partial charge >= 0.3 is 0 Å². The summed E-state index contributed by atoms with van der Waals surface area (Å²) in [5.74, 6) is 0. The molecule has 1 fully saturated rings. The second kappa shape index (κ2) is 5.99. The summed E-state index contributed by atoms with van der Waals surface area (Å²) in [5.41, 5.74) is 2.04. The molecule has 1 saturated heterocycles. The summed E-state index contributed by atoms with van der Waals surface area (Å²) in [6, 6.07) is 0. The lowest BCUT2D eigenvalue weighted by atomic mass is 10.2. The van der Waals surface area contributed by atoms with Crippen LogP contribution >= 0.6 is 11.6 Å². The third-order valence-corrected chi connectivity index (χ3v) is 2.79. The van der Waals surface area contributed by atoms with E-state index in [4.69, 9.17) is 16.3 Å². The van der Waals surface area contributed by atoms with Crippen LogP contribution in [0.4, 0.5) is 0 Å². The van der Waals surface area contributed by atoms with E-state index < -0.39 is 0 Å². The van der Waals surface area contributed by atoms with E-state index in [9.17, 15) is 0 Å². The molecule has 0 N–H and O–H groups in total. The van der Waals surface area contributed by atoms with Gasteiger partial charge in [0.25, 0.3) is 0 Å². The Morgan fingerprint density at radius 3 is 2.47 bits per heavy atom. The van der Waals surface area contributed by atoms with Crippen molar-refractivity contribution in [3.63, 3.8) is 0 Å². The van der Waals surface area contributed by atoms with Crippen LogP contribution in [0.25, 0.3) is 0 Å². The molecule has 15 heavy (non-hydrogen) atoms. The van der Waals surface area contributed by atoms with Crippen LogP contribution in [0.3, 0.4) is 0 Å². The molecule has 0 aliphatic carbocycles. The highest BCUT2D eigenvalue weighted by Crippen LogP contribution is 2.18. The average molecular weight is 228 g/mol. The smallest absolute Gasteiger partial charge is 0.0642 e. The van der Waals surface area contributed by atoms with Crippen molar-refractivity contribution in [1.82, 2.24) is 4.90 Å². The SMILES string of the molecule is C=C(C)/C(Cl)=C\C(=C/C)N1CCOCC1. The van der Waals surface area contributed by atoms with Gasteiger partial charge in [0.1, 0.15) is 0 Å². The zero-order valence-corrected chi connectivity index (χ0v) is 10.2. The highest BCUT2D eigenvalue weighted by molar-refractivity contribution is 6.32. The van der Waals surface area contributed by atoms with Gasteiger partial charge in [0, 0.05) is 23.8 Å². The van der Waals surface area contributed by atoms with Gasteiger partial charge in [-0.05, 0) is 25.5 Å². The van der Waals surface area contributed by atoms with Gasteiger partial charge < -0.3 is 9.64 Å². The highest BCUT2D eigenvalue weighted by atomic mass is 35.5. The van der Waals surface area contributed by atoms with Crippen LogP contribution in [0.1, 0.15) is 13.8 Å². The molecule has 0 saturated carbocycles. The molecule has 1 rings (SSSR count). The molecule has 3 heteroatoms. The molecule has 0 amide bonds. The van der Waals surface area contributed by atoms with Gasteiger partial charge in [-0.3, -0.25) is 0 Å². The molecule has 0 bridgehead atoms. The lowest BCUT2D eigenvalue weighted by Gasteiger charge is -2.29. The van der Waals surface area contributed by atoms with E-state index in [0.717, 1.165) is 42.6 Å². The van der Waals surface area contributed by atoms with Gasteiger partial charge in [-0.2, -0.15) is 0 Å². The van der Waals surface area contributed by atoms with Gasteiger partial charge in [0.05, 0.1) is 13.2 Å². The van der Waals surface area contributed by atoms with E-state index in [1.54, 1.807) is 0 Å². The number of morpholine rings is 1. The number of ether oxygens (including phenoxy) is 1. The maximum absolute atomic E-state index is 6.07. The summed E-state index contributed by atoms with van der Waals surface area (Å²) < 4.78 is 5.31. The first-order valence-electron chi connectivity index (χ1n) is 5.17. The Bertz CT molecular complexity index is 288. The fourth-order valence-corrected chi connectivity index (χ4v) is 1.54. The molecule has 0 unspecified atom stereocenters. The van der Waals surface area contributed by atoms with E-state index in [2.05, 4.69) is 17.6 Å². The second-order valence-electron chi connectivity index (χ2n) is 3.59. The van der Waals surface area contributed by atoms with Crippen molar-refractivity contribution in [3.8, 4) is 0 Å². The number of hydrogen-bond donors (Lipinski definition) is 0. The summed E-state index contributed by atoms with van der Waals surface area (Å²) >= 11 is 6.07. The van der Waals surface area contributed by atoms with Crippen molar-refractivity contribution in [2.24, 2.45) is 0 Å². The maximum Gasteiger partial charge on any atom is 0.0642 e. The van der Waals surface area contributed by atoms with Crippen LogP contribution < -0.4 is 0 Å². The standard InChI is InChI=1S/C12H18ClNO/c1-4-11(9-12(13)10(2)3)14-5-7-15-8-6-14/h4,9H,2,5-8H2,1,3H3/b11-4+,12-9+. The van der Waals surface area contributed by atoms with Gasteiger partial charge in [-0.1, -0.05) is 24.3 Å². The normalized spacial score (nSPS) is 19.3. The van der Waals surface area contributed by atoms with Crippen LogP contribution in [-0.4, -0.2) is 31.2 Å². The Balaban J connectivity index is 2.71. The molecular formula is C12H18ClNO. The van der Waals surface area contributed by atoms with Gasteiger partial charge in [-0.25, -0.2) is 0 Å². The Morgan fingerprint density at radius 1 is 1.40 bits per heavy atom. The van der Waals surface area contributed by atoms with Gasteiger partial charge in [0.15, 0.2) is 0 Å². The Morgan fingerprint density at radius 2 is 2.00 bits per heavy atom. The number of rotatable bonds is 3. The summed E-state index contributed by atoms with van der Waals surface area (Å²) in [7, 11) is 0. The van der Waals surface area contributed by atoms with E-state index in [1.165, 1.54) is 0 Å². The number of allylic oxidation sites excluding steroid dienone is 4. The summed E-state index contributed by atoms with van der Waals surface area (Å²) in [4.78, 5) is 2.27. The molecule has 1 heterocycles. The first-order valence-corrected chi connectivity index (χ1v) is 5.55. The van der Waals surface area contributed by atoms with Crippen molar-refractivity contribution in [2.75, 3.05) is 26.3 Å². The minimum absolute atomic E-state index is 0.717. The number of hydrogen-bond acceptors (Lipinski definition) is 2. The predicted molar refractivity (Wildman–Crippen MR) is 64.9 cm³/mol. The fourth-order valence-electron chi connectivity index (χ4n) is 1.43. The molecule has 0 aromatic rings. The van der Waals surface area contributed by atoms with E-state index in [0.29, 0.717) is 0 Å². The lowest BCUT2D eigenvalue weighted by Crippen LogP contribution is -2.35. The van der Waals surface area contributed by atoms with E-state index in [1.807, 2.05) is 19.9 Å². The van der Waals surface area contributed by atoms with Crippen LogP contribution in [0.2, 0.25) is 0 Å². The van der Waals surface area contributed by atoms with Crippen molar-refractivity contribution < 1.29 is 4.74 Å². The molecular weight excluding hydrogens is 210 g/mol. The van der Waals surface area contributed by atoms with Crippen molar-refractivity contribution in [3.05, 3.63) is 35.0 Å². The fraction of sp³-hybridized carbons (Fsp3) is 0.500. The first-order chi connectivity index (χ1) is 7.15. The van der Waals surface area contributed by atoms with E-state index in [-0.39, 0.29) is 0 Å². The third-order valence-electron chi connectivity index (χ3n) is 2.35. The summed E-state index contributed by atoms with van der Waals surface area (Å²) in [5, 5.41) is 0.717. The Hall–Kier alpha value is -0.730. The average Bonchev–Trinajstić information content (AvgIpc) is 2.26. The molecule has 0 aromatic heterocycles. The lowest BCUT2D eigenvalue weighted by molar-refractivity contribution is 0.0553. The molecule has 2 nitrogen and oxygen atoms in total. The number of halogens is 1. The molecule has 0 aromatic carbocycles. The quantitative estimate of drug-likeness (QED) is 0.688. The molecule has 0 spiro atoms. The Labute approximate surface area is 96.9 Å². The van der Waals surface area contributed by atoms with Crippen LogP contribution in [0, 0.1) is 0 Å². The largest absolute Gasteiger partial charge is 0.378 e. The van der Waals surface area contributed by atoms with Gasteiger partial charge in [0.2, 0.25) is 0 Å². The van der Waals surface area contributed by atoms with E-state index >= 15 is 0 Å². The molecule has 0 atom stereocenters. The minimum atomic E-state index is 0.717. The van der Waals surface area contributed by atoms with Gasteiger partial charge in [-0.15, -0.1) is 0 Å². The zero-order valence-electron chi connectivity index (χ0n) is 9.42. The highest BCUT2D eigenvalue weighted by Gasteiger charge is 2.11. The summed E-state index contributed by atoms with van der Waals surface area (Å²) in [6.45, 7) is 11.2. The maximum atomic E-state index is 6.07. The summed E-state index contributed by atoms with van der Waals surface area (Å²) in [6.07, 6.45) is 4.03. The first kappa shape index (κ1) is 12.3. The Kier molecular flexibility index (Phi) is 4.92. The van der Waals surface area contributed by atoms with Crippen LogP contribution in [0.15, 0.2) is 35.0 Å². The van der Waals surface area contributed by atoms with Crippen LogP contribution in [0.5, 0.6) is 0 Å². The molecule has 0 radical (unpaired) electrons. The van der Waals surface area contributed by atoms with Crippen molar-refractivity contribution in [2.45, 2.75) is 13.8 Å². The minimum Gasteiger partial charge on any atom is -0.378 e. The molecule has 1 aliphatic heterocycles. The molecule has 84 valence electrons. The topological polar surface area (TPSA) is 12.5 Å². The second-order valence-corrected chi connectivity index (χ2v) is 3.99. The predicted octanol–water partition coefficient (Wildman–Crippen LogP) is 2.92. The molecule has 1 aliphatic rings.